The maximum Gasteiger partial charge on any atom is 0.319 e. The molecule has 7 nitrogen and oxygen atoms in total. The summed E-state index contributed by atoms with van der Waals surface area (Å²) in [5, 5.41) is 16.0. The Kier molecular flexibility index (Phi) is 5.86. The molecule has 0 bridgehead atoms. The molecule has 0 fully saturated rings. The largest absolute Gasteiger partial charge is 0.334 e. The fourth-order valence-corrected chi connectivity index (χ4v) is 2.18. The molecule has 2 aromatic carbocycles. The lowest BCUT2D eigenvalue weighted by Gasteiger charge is -2.11. The highest BCUT2D eigenvalue weighted by Gasteiger charge is 2.08. The number of anilines is 1. The van der Waals surface area contributed by atoms with Crippen LogP contribution in [-0.2, 0) is 13.1 Å². The summed E-state index contributed by atoms with van der Waals surface area (Å²) in [5.41, 5.74) is 2.49. The Morgan fingerprint density at radius 3 is 2.42 bits per heavy atom. The Bertz CT molecular complexity index is 714. The Morgan fingerprint density at radius 1 is 1.12 bits per heavy atom. The Labute approximate surface area is 140 Å². The third-order valence-electron chi connectivity index (χ3n) is 3.29. The highest BCUT2D eigenvalue weighted by atomic mass is 16.6. The molecule has 24 heavy (non-hydrogen) atoms. The maximum atomic E-state index is 11.9. The van der Waals surface area contributed by atoms with Crippen molar-refractivity contribution in [1.82, 2.24) is 10.2 Å². The minimum absolute atomic E-state index is 0.0655. The summed E-state index contributed by atoms with van der Waals surface area (Å²) in [6, 6.07) is 13.4. The average Bonchev–Trinajstić information content (AvgIpc) is 2.54. The van der Waals surface area contributed by atoms with E-state index in [-0.39, 0.29) is 5.69 Å². The van der Waals surface area contributed by atoms with Gasteiger partial charge in [-0.15, -0.1) is 0 Å². The first-order valence-electron chi connectivity index (χ1n) is 7.46. The SMILES string of the molecule is CN(C)Cc1ccc(CNC(=O)Nc2cccc([N+](=O)[O-])c2)cc1. The second-order valence-electron chi connectivity index (χ2n) is 5.67. The molecule has 0 saturated carbocycles. The van der Waals surface area contributed by atoms with Crippen LogP contribution in [0.1, 0.15) is 11.1 Å². The third-order valence-corrected chi connectivity index (χ3v) is 3.29. The fraction of sp³-hybridized carbons (Fsp3) is 0.235. The van der Waals surface area contributed by atoms with Crippen molar-refractivity contribution in [1.29, 1.82) is 0 Å². The van der Waals surface area contributed by atoms with Crippen LogP contribution >= 0.6 is 0 Å². The van der Waals surface area contributed by atoms with E-state index in [1.165, 1.54) is 23.8 Å². The molecular weight excluding hydrogens is 308 g/mol. The van der Waals surface area contributed by atoms with Crippen LogP contribution in [0.4, 0.5) is 16.2 Å². The standard InChI is InChI=1S/C17H20N4O3/c1-20(2)12-14-8-6-13(7-9-14)11-18-17(22)19-15-4-3-5-16(10-15)21(23)24/h3-10H,11-12H2,1-2H3,(H2,18,19,22). The zero-order valence-electron chi connectivity index (χ0n) is 13.7. The van der Waals surface area contributed by atoms with Crippen molar-refractivity contribution in [3.05, 3.63) is 69.8 Å². The molecule has 2 N–H and O–H groups in total. The number of nitro benzene ring substituents is 1. The van der Waals surface area contributed by atoms with Gasteiger partial charge in [0, 0.05) is 30.9 Å². The van der Waals surface area contributed by atoms with E-state index in [1.807, 2.05) is 38.4 Å². The van der Waals surface area contributed by atoms with Crippen molar-refractivity contribution in [2.75, 3.05) is 19.4 Å². The zero-order chi connectivity index (χ0) is 17.5. The summed E-state index contributed by atoms with van der Waals surface area (Å²) in [4.78, 5) is 24.2. The van der Waals surface area contributed by atoms with Crippen LogP contribution in [0.2, 0.25) is 0 Å². The molecule has 0 atom stereocenters. The number of nitrogens with zero attached hydrogens (tertiary/aromatic N) is 2. The first kappa shape index (κ1) is 17.4. The molecule has 0 unspecified atom stereocenters. The number of rotatable bonds is 6. The maximum absolute atomic E-state index is 11.9. The normalized spacial score (nSPS) is 10.5. The van der Waals surface area contributed by atoms with E-state index < -0.39 is 11.0 Å². The number of urea groups is 1. The molecule has 0 aliphatic carbocycles. The van der Waals surface area contributed by atoms with Gasteiger partial charge in [-0.1, -0.05) is 30.3 Å². The summed E-state index contributed by atoms with van der Waals surface area (Å²) in [7, 11) is 4.02. The average molecular weight is 328 g/mol. The number of nitrogens with one attached hydrogen (secondary N) is 2. The molecule has 0 saturated heterocycles. The first-order chi connectivity index (χ1) is 11.4. The van der Waals surface area contributed by atoms with Crippen LogP contribution in [0.25, 0.3) is 0 Å². The number of carbonyl (C=O) groups is 1. The zero-order valence-corrected chi connectivity index (χ0v) is 13.7. The van der Waals surface area contributed by atoms with Gasteiger partial charge in [-0.25, -0.2) is 4.79 Å². The van der Waals surface area contributed by atoms with Gasteiger partial charge >= 0.3 is 6.03 Å². The second kappa shape index (κ2) is 8.07. The van der Waals surface area contributed by atoms with Crippen molar-refractivity contribution in [2.24, 2.45) is 0 Å². The van der Waals surface area contributed by atoms with Crippen LogP contribution in [0.3, 0.4) is 0 Å². The number of hydrogen-bond acceptors (Lipinski definition) is 4. The van der Waals surface area contributed by atoms with Gasteiger partial charge in [0.15, 0.2) is 0 Å². The number of non-ortho nitro benzene ring substituents is 1. The molecule has 0 heterocycles. The first-order valence-corrected chi connectivity index (χ1v) is 7.46. The van der Waals surface area contributed by atoms with Crippen LogP contribution in [0.5, 0.6) is 0 Å². The highest BCUT2D eigenvalue weighted by molar-refractivity contribution is 5.89. The minimum Gasteiger partial charge on any atom is -0.334 e. The quantitative estimate of drug-likeness (QED) is 0.630. The van der Waals surface area contributed by atoms with E-state index in [2.05, 4.69) is 15.5 Å². The van der Waals surface area contributed by atoms with Gasteiger partial charge in [-0.2, -0.15) is 0 Å². The molecule has 0 aliphatic heterocycles. The van der Waals surface area contributed by atoms with E-state index in [0.717, 1.165) is 12.1 Å². The number of hydrogen-bond donors (Lipinski definition) is 2. The monoisotopic (exact) mass is 328 g/mol. The van der Waals surface area contributed by atoms with Crippen molar-refractivity contribution in [2.45, 2.75) is 13.1 Å². The van der Waals surface area contributed by atoms with Crippen LogP contribution < -0.4 is 10.6 Å². The van der Waals surface area contributed by atoms with Crippen molar-refractivity contribution >= 4 is 17.4 Å². The summed E-state index contributed by atoms with van der Waals surface area (Å²) >= 11 is 0. The summed E-state index contributed by atoms with van der Waals surface area (Å²) in [6.45, 7) is 1.24. The van der Waals surface area contributed by atoms with Crippen molar-refractivity contribution in [3.63, 3.8) is 0 Å². The molecule has 126 valence electrons. The smallest absolute Gasteiger partial charge is 0.319 e. The van der Waals surface area contributed by atoms with Crippen LogP contribution in [0.15, 0.2) is 48.5 Å². The van der Waals surface area contributed by atoms with E-state index in [9.17, 15) is 14.9 Å². The van der Waals surface area contributed by atoms with Gasteiger partial charge in [-0.05, 0) is 31.3 Å². The van der Waals surface area contributed by atoms with E-state index in [1.54, 1.807) is 6.07 Å². The number of benzene rings is 2. The minimum atomic E-state index is -0.502. The molecule has 2 rings (SSSR count). The van der Waals surface area contributed by atoms with E-state index in [0.29, 0.717) is 12.2 Å². The van der Waals surface area contributed by atoms with Gasteiger partial charge in [0.25, 0.3) is 5.69 Å². The second-order valence-corrected chi connectivity index (χ2v) is 5.67. The van der Waals surface area contributed by atoms with Crippen LogP contribution in [0, 0.1) is 10.1 Å². The Balaban J connectivity index is 1.87. The molecule has 0 spiro atoms. The molecule has 0 aromatic heterocycles. The fourth-order valence-electron chi connectivity index (χ4n) is 2.18. The van der Waals surface area contributed by atoms with E-state index in [4.69, 9.17) is 0 Å². The molecule has 0 aliphatic rings. The lowest BCUT2D eigenvalue weighted by Crippen LogP contribution is -2.28. The Morgan fingerprint density at radius 2 is 1.79 bits per heavy atom. The van der Waals surface area contributed by atoms with Gasteiger partial charge in [0.05, 0.1) is 4.92 Å². The number of amides is 2. The van der Waals surface area contributed by atoms with Gasteiger partial charge < -0.3 is 15.5 Å². The summed E-state index contributed by atoms with van der Waals surface area (Å²) < 4.78 is 0. The summed E-state index contributed by atoms with van der Waals surface area (Å²) in [6.07, 6.45) is 0. The third kappa shape index (κ3) is 5.36. The molecule has 0 radical (unpaired) electrons. The van der Waals surface area contributed by atoms with Crippen molar-refractivity contribution < 1.29 is 9.72 Å². The van der Waals surface area contributed by atoms with E-state index >= 15 is 0 Å². The Hall–Kier alpha value is -2.93. The lowest BCUT2D eigenvalue weighted by atomic mass is 10.1. The topological polar surface area (TPSA) is 87.5 Å². The van der Waals surface area contributed by atoms with Gasteiger partial charge in [-0.3, -0.25) is 10.1 Å². The number of carbonyl (C=O) groups excluding carboxylic acids is 1. The molecular formula is C17H20N4O3. The highest BCUT2D eigenvalue weighted by Crippen LogP contribution is 2.16. The van der Waals surface area contributed by atoms with Crippen molar-refractivity contribution in [3.8, 4) is 0 Å². The predicted molar refractivity (Wildman–Crippen MR) is 92.8 cm³/mol. The molecule has 2 aromatic rings. The van der Waals surface area contributed by atoms with Gasteiger partial charge in [0.1, 0.15) is 0 Å². The summed E-state index contributed by atoms with van der Waals surface area (Å²) in [5.74, 6) is 0. The molecule has 2 amide bonds. The predicted octanol–water partition coefficient (Wildman–Crippen LogP) is 2.98. The van der Waals surface area contributed by atoms with Crippen LogP contribution in [-0.4, -0.2) is 29.9 Å². The lowest BCUT2D eigenvalue weighted by molar-refractivity contribution is -0.384. The molecule has 7 heteroatoms. The number of nitro groups is 1. The van der Waals surface area contributed by atoms with Gasteiger partial charge in [0.2, 0.25) is 0 Å².